The predicted molar refractivity (Wildman–Crippen MR) is 173 cm³/mol. The highest BCUT2D eigenvalue weighted by atomic mass is 32.2. The first-order valence-corrected chi connectivity index (χ1v) is 18.8. The molecule has 1 heterocycles. The molecule has 0 atom stereocenters. The maximum Gasteiger partial charge on any atom is 0.0530 e. The zero-order valence-corrected chi connectivity index (χ0v) is 27.6. The van der Waals surface area contributed by atoms with Crippen LogP contribution in [0.2, 0.25) is 0 Å². The second-order valence-electron chi connectivity index (χ2n) is 10.8. The summed E-state index contributed by atoms with van der Waals surface area (Å²) in [5, 5.41) is 2.61. The summed E-state index contributed by atoms with van der Waals surface area (Å²) in [5.74, 6) is 3.87. The Bertz CT molecular complexity index is 392. The summed E-state index contributed by atoms with van der Waals surface area (Å²) in [7, 11) is 0. The van der Waals surface area contributed by atoms with Crippen LogP contribution in [0.15, 0.2) is 0 Å². The van der Waals surface area contributed by atoms with Crippen LogP contribution in [0.25, 0.3) is 0 Å². The fourth-order valence-electron chi connectivity index (χ4n) is 5.32. The quantitative estimate of drug-likeness (QED) is 0.116. The van der Waals surface area contributed by atoms with Crippen molar-refractivity contribution < 1.29 is 0 Å². The fraction of sp³-hybridized carbons (Fsp3) is 1.00. The Morgan fingerprint density at radius 3 is 0.833 bits per heavy atom. The molecule has 216 valence electrons. The molecule has 0 aromatic heterocycles. The summed E-state index contributed by atoms with van der Waals surface area (Å²) in [6, 6.07) is 0. The molecular weight excluding hydrogens is 499 g/mol. The smallest absolute Gasteiger partial charge is 0.0530 e. The lowest BCUT2D eigenvalue weighted by molar-refractivity contribution is -0.0196. The molecule has 36 heavy (non-hydrogen) atoms. The molecule has 0 spiro atoms. The van der Waals surface area contributed by atoms with Crippen LogP contribution in [0.3, 0.4) is 0 Å². The maximum atomic E-state index is 2.74. The molecule has 0 saturated carbocycles. The van der Waals surface area contributed by atoms with E-state index < -0.39 is 0 Å². The molecule has 0 bridgehead atoms. The lowest BCUT2D eigenvalue weighted by Gasteiger charge is -2.42. The van der Waals surface area contributed by atoms with Crippen molar-refractivity contribution in [1.82, 2.24) is 14.7 Å². The number of nitrogens with zero attached hydrogens (tertiary/aromatic N) is 3. The molecule has 1 saturated heterocycles. The van der Waals surface area contributed by atoms with E-state index >= 15 is 0 Å². The zero-order chi connectivity index (χ0) is 26.4. The van der Waals surface area contributed by atoms with Crippen LogP contribution in [-0.4, -0.2) is 87.3 Å². The molecule has 0 aromatic carbocycles. The second kappa shape index (κ2) is 23.8. The molecule has 0 aromatic rings. The molecule has 0 unspecified atom stereocenters. The summed E-state index contributed by atoms with van der Waals surface area (Å²) in [6.07, 6.45) is 16.3. The Morgan fingerprint density at radius 2 is 0.639 bits per heavy atom. The SMILES string of the molecule is CCCC(CCC)SCCN1CN(CCSC(CCC)CCC)CN(CCSC(CCC)CCC)C1. The largest absolute Gasteiger partial charge is 0.277 e. The molecule has 1 aliphatic rings. The lowest BCUT2D eigenvalue weighted by Crippen LogP contribution is -2.56. The second-order valence-corrected chi connectivity index (χ2v) is 15.0. The van der Waals surface area contributed by atoms with E-state index in [1.807, 2.05) is 0 Å². The third-order valence-corrected chi connectivity index (χ3v) is 11.2. The Morgan fingerprint density at radius 1 is 0.417 bits per heavy atom. The number of hydrogen-bond donors (Lipinski definition) is 0. The van der Waals surface area contributed by atoms with E-state index in [0.29, 0.717) is 0 Å². The average molecular weight is 562 g/mol. The van der Waals surface area contributed by atoms with Crippen molar-refractivity contribution in [3.63, 3.8) is 0 Å². The topological polar surface area (TPSA) is 9.72 Å². The minimum absolute atomic E-state index is 0.868. The first-order chi connectivity index (χ1) is 17.6. The van der Waals surface area contributed by atoms with Crippen molar-refractivity contribution >= 4 is 35.3 Å². The summed E-state index contributed by atoms with van der Waals surface area (Å²) in [4.78, 5) is 8.23. The Labute approximate surface area is 240 Å². The molecule has 0 radical (unpaired) electrons. The molecule has 0 N–H and O–H groups in total. The molecule has 0 amide bonds. The highest BCUT2D eigenvalue weighted by molar-refractivity contribution is 8.00. The van der Waals surface area contributed by atoms with E-state index in [2.05, 4.69) is 91.5 Å². The van der Waals surface area contributed by atoms with Gasteiger partial charge in [-0.05, 0) is 38.5 Å². The van der Waals surface area contributed by atoms with Crippen LogP contribution in [0.1, 0.15) is 119 Å². The maximum absolute atomic E-state index is 2.74. The van der Waals surface area contributed by atoms with E-state index in [-0.39, 0.29) is 0 Å². The molecule has 6 heteroatoms. The van der Waals surface area contributed by atoms with Gasteiger partial charge in [-0.15, -0.1) is 0 Å². The molecular formula is C30H63N3S3. The molecule has 3 nitrogen and oxygen atoms in total. The van der Waals surface area contributed by atoms with Crippen molar-refractivity contribution in [3.05, 3.63) is 0 Å². The molecule has 0 aliphatic carbocycles. The van der Waals surface area contributed by atoms with Gasteiger partial charge in [0.25, 0.3) is 0 Å². The van der Waals surface area contributed by atoms with Crippen LogP contribution in [-0.2, 0) is 0 Å². The van der Waals surface area contributed by atoms with Crippen molar-refractivity contribution in [2.45, 2.75) is 134 Å². The van der Waals surface area contributed by atoms with Gasteiger partial charge in [0.05, 0.1) is 20.0 Å². The van der Waals surface area contributed by atoms with Crippen molar-refractivity contribution in [3.8, 4) is 0 Å². The minimum Gasteiger partial charge on any atom is -0.277 e. The normalized spacial score (nSPS) is 16.2. The van der Waals surface area contributed by atoms with Crippen LogP contribution in [0.5, 0.6) is 0 Å². The van der Waals surface area contributed by atoms with Gasteiger partial charge in [0.1, 0.15) is 0 Å². The van der Waals surface area contributed by atoms with Crippen LogP contribution in [0.4, 0.5) is 0 Å². The van der Waals surface area contributed by atoms with E-state index in [1.54, 1.807) is 0 Å². The van der Waals surface area contributed by atoms with Gasteiger partial charge in [-0.2, -0.15) is 35.3 Å². The predicted octanol–water partition coefficient (Wildman–Crippen LogP) is 8.88. The third-order valence-electron chi connectivity index (χ3n) is 7.15. The summed E-state index contributed by atoms with van der Waals surface area (Å²) < 4.78 is 0. The number of thioether (sulfide) groups is 3. The highest BCUT2D eigenvalue weighted by Crippen LogP contribution is 2.25. The molecule has 1 rings (SSSR count). The molecule has 1 fully saturated rings. The summed E-state index contributed by atoms with van der Waals surface area (Å²) >= 11 is 6.74. The molecule has 1 aliphatic heterocycles. The Hall–Kier alpha value is 0.930. The van der Waals surface area contributed by atoms with Crippen LogP contribution >= 0.6 is 35.3 Å². The average Bonchev–Trinajstić information content (AvgIpc) is 2.85. The van der Waals surface area contributed by atoms with Crippen LogP contribution in [0, 0.1) is 0 Å². The van der Waals surface area contributed by atoms with Gasteiger partial charge in [0.2, 0.25) is 0 Å². The van der Waals surface area contributed by atoms with Gasteiger partial charge in [-0.25, -0.2) is 0 Å². The van der Waals surface area contributed by atoms with Crippen molar-refractivity contribution in [2.75, 3.05) is 56.9 Å². The van der Waals surface area contributed by atoms with Gasteiger partial charge in [0.15, 0.2) is 0 Å². The monoisotopic (exact) mass is 561 g/mol. The van der Waals surface area contributed by atoms with Gasteiger partial charge in [-0.1, -0.05) is 80.1 Å². The summed E-state index contributed by atoms with van der Waals surface area (Å²) in [6.45, 7) is 21.3. The Balaban J connectivity index is 2.60. The van der Waals surface area contributed by atoms with Gasteiger partial charge in [-0.3, -0.25) is 14.7 Å². The van der Waals surface area contributed by atoms with Crippen molar-refractivity contribution in [1.29, 1.82) is 0 Å². The summed E-state index contributed by atoms with van der Waals surface area (Å²) in [5.41, 5.74) is 0. The van der Waals surface area contributed by atoms with Crippen molar-refractivity contribution in [2.24, 2.45) is 0 Å². The standard InChI is InChI=1S/C30H63N3S3/c1-7-13-28(14-8-2)34-22-19-31-25-32(20-23-35-29(15-9-3)16-10-4)27-33(26-31)21-24-36-30(17-11-5)18-12-6/h28-30H,7-27H2,1-6H3. The first kappa shape index (κ1) is 35.0. The fourth-order valence-corrected chi connectivity index (χ4v) is 9.82. The van der Waals surface area contributed by atoms with Crippen LogP contribution < -0.4 is 0 Å². The van der Waals surface area contributed by atoms with E-state index in [1.165, 1.54) is 114 Å². The third kappa shape index (κ3) is 16.8. The van der Waals surface area contributed by atoms with Gasteiger partial charge >= 0.3 is 0 Å². The van der Waals surface area contributed by atoms with E-state index in [9.17, 15) is 0 Å². The number of rotatable bonds is 24. The number of hydrogen-bond acceptors (Lipinski definition) is 6. The van der Waals surface area contributed by atoms with E-state index in [4.69, 9.17) is 0 Å². The highest BCUT2D eigenvalue weighted by Gasteiger charge is 2.24. The zero-order valence-electron chi connectivity index (χ0n) is 25.1. The van der Waals surface area contributed by atoms with E-state index in [0.717, 1.165) is 35.8 Å². The van der Waals surface area contributed by atoms with Gasteiger partial charge < -0.3 is 0 Å². The van der Waals surface area contributed by atoms with Gasteiger partial charge in [0, 0.05) is 52.6 Å². The lowest BCUT2D eigenvalue weighted by atomic mass is 10.2. The minimum atomic E-state index is 0.868. The first-order valence-electron chi connectivity index (χ1n) is 15.6. The Kier molecular flexibility index (Phi) is 23.1.